The number of aliphatic hydroxyl groups is 1. The molecule has 0 radical (unpaired) electrons. The normalized spacial score (nSPS) is 11.0. The molecule has 3 heteroatoms. The van der Waals surface area contributed by atoms with Gasteiger partial charge in [0.1, 0.15) is 17.1 Å². The lowest BCUT2D eigenvalue weighted by atomic mass is 10.0. The molecule has 1 aromatic heterocycles. The van der Waals surface area contributed by atoms with Gasteiger partial charge in [-0.25, -0.2) is 0 Å². The highest BCUT2D eigenvalue weighted by atomic mass is 16.3. The summed E-state index contributed by atoms with van der Waals surface area (Å²) in [6, 6.07) is 5.17. The highest BCUT2D eigenvalue weighted by Gasteiger charge is 2.09. The van der Waals surface area contributed by atoms with Crippen LogP contribution in [0.2, 0.25) is 0 Å². The van der Waals surface area contributed by atoms with Gasteiger partial charge >= 0.3 is 0 Å². The molecule has 0 fully saturated rings. The van der Waals surface area contributed by atoms with E-state index < -0.39 is 0 Å². The van der Waals surface area contributed by atoms with Gasteiger partial charge in [0.2, 0.25) is 0 Å². The smallest absolute Gasteiger partial charge is 0.142 e. The molecule has 2 rings (SSSR count). The molecule has 0 spiro atoms. The number of benzene rings is 1. The molecule has 2 aromatic rings. The minimum atomic E-state index is 0.00453. The van der Waals surface area contributed by atoms with Crippen LogP contribution < -0.4 is 0 Å². The predicted molar refractivity (Wildman–Crippen MR) is 88.4 cm³/mol. The van der Waals surface area contributed by atoms with Crippen LogP contribution in [0.4, 0.5) is 0 Å². The van der Waals surface area contributed by atoms with Crippen molar-refractivity contribution >= 4 is 16.5 Å². The number of fused-ring (bicyclic) bond motifs is 1. The van der Waals surface area contributed by atoms with E-state index in [0.29, 0.717) is 0 Å². The molecule has 0 atom stereocenters. The van der Waals surface area contributed by atoms with Gasteiger partial charge < -0.3 is 14.6 Å². The Labute approximate surface area is 125 Å². The summed E-state index contributed by atoms with van der Waals surface area (Å²) in [6.07, 6.45) is 6.94. The summed E-state index contributed by atoms with van der Waals surface area (Å²) in [5.41, 5.74) is 2.21. The highest BCUT2D eigenvalue weighted by molar-refractivity contribution is 5.93. The van der Waals surface area contributed by atoms with E-state index in [9.17, 15) is 5.11 Å². The number of aromatic hydroxyl groups is 1. The second kappa shape index (κ2) is 8.12. The first-order chi connectivity index (χ1) is 10.1. The number of phenols is 1. The summed E-state index contributed by atoms with van der Waals surface area (Å²) in [4.78, 5) is 0. The van der Waals surface area contributed by atoms with E-state index in [1.165, 1.54) is 0 Å². The minimum absolute atomic E-state index is 0.00453. The molecule has 2 N–H and O–H groups in total. The van der Waals surface area contributed by atoms with Crippen LogP contribution in [-0.4, -0.2) is 16.8 Å². The molecule has 0 bridgehead atoms. The van der Waals surface area contributed by atoms with Gasteiger partial charge in [-0.2, -0.15) is 0 Å². The molecule has 112 valence electrons. The maximum Gasteiger partial charge on any atom is 0.142 e. The van der Waals surface area contributed by atoms with Crippen LogP contribution >= 0.6 is 0 Å². The Hall–Kier alpha value is -2.26. The van der Waals surface area contributed by atoms with Crippen LogP contribution in [0, 0.1) is 6.92 Å². The minimum Gasteiger partial charge on any atom is -0.508 e. The molecule has 0 aliphatic rings. The number of furan rings is 1. The van der Waals surface area contributed by atoms with Crippen LogP contribution in [0.15, 0.2) is 53.5 Å². The molecule has 0 aliphatic heterocycles. The second-order valence-corrected chi connectivity index (χ2v) is 4.26. The standard InChI is InChI=1S/C16H16O3.C2H6/c1-11(6-4-3-5-7-17)15-10-14(18)9-13-8-12(2)19-16(13)15;1-2/h3-6,8-10,17-18H,1,7H2,2H3;1-2H3/b5-3-,6-4-;. The van der Waals surface area contributed by atoms with Gasteiger partial charge in [0.15, 0.2) is 0 Å². The Kier molecular flexibility index (Phi) is 6.50. The molecule has 0 aliphatic carbocycles. The maximum absolute atomic E-state index is 9.72. The number of aryl methyl sites for hydroxylation is 1. The van der Waals surface area contributed by atoms with Crippen molar-refractivity contribution in [3.63, 3.8) is 0 Å². The Bertz CT molecular complexity index is 660. The van der Waals surface area contributed by atoms with Crippen LogP contribution in [0.25, 0.3) is 16.5 Å². The summed E-state index contributed by atoms with van der Waals surface area (Å²) in [5, 5.41) is 19.2. The summed E-state index contributed by atoms with van der Waals surface area (Å²) in [6.45, 7) is 9.84. The highest BCUT2D eigenvalue weighted by Crippen LogP contribution is 2.31. The van der Waals surface area contributed by atoms with Crippen molar-refractivity contribution in [2.45, 2.75) is 20.8 Å². The van der Waals surface area contributed by atoms with E-state index in [-0.39, 0.29) is 12.4 Å². The molecule has 0 amide bonds. The molecule has 1 heterocycles. The van der Waals surface area contributed by atoms with Gasteiger partial charge in [-0.1, -0.05) is 44.7 Å². The zero-order valence-electron chi connectivity index (χ0n) is 12.8. The topological polar surface area (TPSA) is 53.6 Å². The van der Waals surface area contributed by atoms with E-state index in [4.69, 9.17) is 9.52 Å². The fourth-order valence-corrected chi connectivity index (χ4v) is 1.91. The van der Waals surface area contributed by atoms with Gasteiger partial charge in [-0.3, -0.25) is 0 Å². The predicted octanol–water partition coefficient (Wildman–Crippen LogP) is 4.59. The van der Waals surface area contributed by atoms with Gasteiger partial charge in [0, 0.05) is 10.9 Å². The van der Waals surface area contributed by atoms with Gasteiger partial charge in [0.05, 0.1) is 6.61 Å². The molecular formula is C18H22O3. The number of allylic oxidation sites excluding steroid dienone is 4. The first kappa shape index (κ1) is 16.8. The third kappa shape index (κ3) is 4.36. The van der Waals surface area contributed by atoms with Crippen molar-refractivity contribution in [1.82, 2.24) is 0 Å². The third-order valence-electron chi connectivity index (χ3n) is 2.72. The van der Waals surface area contributed by atoms with Crippen LogP contribution in [-0.2, 0) is 0 Å². The van der Waals surface area contributed by atoms with Crippen molar-refractivity contribution < 1.29 is 14.6 Å². The number of hydrogen-bond acceptors (Lipinski definition) is 3. The van der Waals surface area contributed by atoms with Gasteiger partial charge in [-0.05, 0) is 30.7 Å². The van der Waals surface area contributed by atoms with Crippen LogP contribution in [0.3, 0.4) is 0 Å². The SMILES string of the molecule is C=C(/C=C\C=C/CO)c1cc(O)cc2cc(C)oc12.CC. The number of hydrogen-bond donors (Lipinski definition) is 2. The molecule has 3 nitrogen and oxygen atoms in total. The molecule has 0 unspecified atom stereocenters. The van der Waals surface area contributed by atoms with Crippen molar-refractivity contribution in [2.24, 2.45) is 0 Å². The molecule has 0 saturated heterocycles. The lowest BCUT2D eigenvalue weighted by Gasteiger charge is -2.03. The molecular weight excluding hydrogens is 264 g/mol. The van der Waals surface area contributed by atoms with Crippen molar-refractivity contribution in [3.8, 4) is 5.75 Å². The first-order valence-electron chi connectivity index (χ1n) is 6.98. The Morgan fingerprint density at radius 3 is 2.62 bits per heavy atom. The van der Waals surface area contributed by atoms with Crippen LogP contribution in [0.5, 0.6) is 5.75 Å². The number of aliphatic hydroxyl groups excluding tert-OH is 1. The molecule has 21 heavy (non-hydrogen) atoms. The summed E-state index contributed by atoms with van der Waals surface area (Å²) in [7, 11) is 0. The largest absolute Gasteiger partial charge is 0.508 e. The van der Waals surface area contributed by atoms with Crippen molar-refractivity contribution in [1.29, 1.82) is 0 Å². The lowest BCUT2D eigenvalue weighted by Crippen LogP contribution is -1.81. The monoisotopic (exact) mass is 286 g/mol. The molecule has 1 aromatic carbocycles. The Morgan fingerprint density at radius 2 is 1.95 bits per heavy atom. The fourth-order valence-electron chi connectivity index (χ4n) is 1.91. The maximum atomic E-state index is 9.72. The van der Waals surface area contributed by atoms with E-state index in [0.717, 1.165) is 27.9 Å². The summed E-state index contributed by atoms with van der Waals surface area (Å²) >= 11 is 0. The Balaban J connectivity index is 0.00000106. The van der Waals surface area contributed by atoms with E-state index in [1.807, 2.05) is 26.8 Å². The Morgan fingerprint density at radius 1 is 1.24 bits per heavy atom. The number of rotatable bonds is 4. The fraction of sp³-hybridized carbons (Fsp3) is 0.222. The zero-order chi connectivity index (χ0) is 15.8. The van der Waals surface area contributed by atoms with Gasteiger partial charge in [0.25, 0.3) is 0 Å². The summed E-state index contributed by atoms with van der Waals surface area (Å²) in [5.74, 6) is 0.975. The van der Waals surface area contributed by atoms with E-state index in [2.05, 4.69) is 6.58 Å². The average Bonchev–Trinajstić information content (AvgIpc) is 2.84. The van der Waals surface area contributed by atoms with E-state index >= 15 is 0 Å². The van der Waals surface area contributed by atoms with Crippen molar-refractivity contribution in [3.05, 3.63) is 60.4 Å². The zero-order valence-corrected chi connectivity index (χ0v) is 12.8. The second-order valence-electron chi connectivity index (χ2n) is 4.26. The van der Waals surface area contributed by atoms with Crippen LogP contribution in [0.1, 0.15) is 25.2 Å². The quantitative estimate of drug-likeness (QED) is 0.808. The lowest BCUT2D eigenvalue weighted by molar-refractivity contribution is 0.343. The number of phenolic OH excluding ortho intramolecular Hbond substituents is 1. The molecule has 0 saturated carbocycles. The third-order valence-corrected chi connectivity index (χ3v) is 2.72. The van der Waals surface area contributed by atoms with E-state index in [1.54, 1.807) is 36.4 Å². The average molecular weight is 286 g/mol. The van der Waals surface area contributed by atoms with Gasteiger partial charge in [-0.15, -0.1) is 0 Å². The first-order valence-corrected chi connectivity index (χ1v) is 6.98. The van der Waals surface area contributed by atoms with Crippen molar-refractivity contribution in [2.75, 3.05) is 6.61 Å². The summed E-state index contributed by atoms with van der Waals surface area (Å²) < 4.78 is 5.64.